The summed E-state index contributed by atoms with van der Waals surface area (Å²) in [7, 11) is 2.07. The molecule has 0 atom stereocenters. The van der Waals surface area contributed by atoms with Crippen molar-refractivity contribution in [3.63, 3.8) is 0 Å². The van der Waals surface area contributed by atoms with Crippen LogP contribution in [0.15, 0.2) is 10.6 Å². The summed E-state index contributed by atoms with van der Waals surface area (Å²) in [6.07, 6.45) is 1.84. The number of nitrogens with zero attached hydrogens (tertiary/aromatic N) is 2. The quantitative estimate of drug-likeness (QED) is 0.822. The molecule has 0 bridgehead atoms. The van der Waals surface area contributed by atoms with Crippen molar-refractivity contribution in [2.45, 2.75) is 46.1 Å². The van der Waals surface area contributed by atoms with E-state index in [4.69, 9.17) is 4.52 Å². The fraction of sp³-hybridized carbons (Fsp3) is 0.714. The largest absolute Gasteiger partial charge is 0.361 e. The van der Waals surface area contributed by atoms with Crippen molar-refractivity contribution in [2.75, 3.05) is 20.1 Å². The van der Waals surface area contributed by atoms with Crippen molar-refractivity contribution >= 4 is 5.91 Å². The zero-order valence-electron chi connectivity index (χ0n) is 12.6. The molecule has 0 spiro atoms. The average Bonchev–Trinajstić information content (AvgIpc) is 2.85. The predicted octanol–water partition coefficient (Wildman–Crippen LogP) is 2.09. The maximum absolute atomic E-state index is 11.9. The van der Waals surface area contributed by atoms with Crippen LogP contribution in [0, 0.1) is 0 Å². The normalized spacial score (nSPS) is 11.9. The van der Waals surface area contributed by atoms with E-state index in [1.807, 2.05) is 6.92 Å². The van der Waals surface area contributed by atoms with Crippen molar-refractivity contribution in [3.8, 4) is 0 Å². The first kappa shape index (κ1) is 15.7. The summed E-state index contributed by atoms with van der Waals surface area (Å²) in [5, 5.41) is 6.68. The SMILES string of the molecule is CCCN(C)C(C)(C)CNC(=O)c1cc(CC)on1. The van der Waals surface area contributed by atoms with E-state index in [9.17, 15) is 4.79 Å². The standard InChI is InChI=1S/C14H25N3O2/c1-6-8-17(5)14(3,4)10-15-13(18)12-9-11(7-2)19-16-12/h9H,6-8,10H2,1-5H3,(H,15,18). The van der Waals surface area contributed by atoms with E-state index in [1.165, 1.54) is 0 Å². The second-order valence-electron chi connectivity index (χ2n) is 5.45. The monoisotopic (exact) mass is 267 g/mol. The first-order valence-electron chi connectivity index (χ1n) is 6.85. The van der Waals surface area contributed by atoms with Crippen LogP contribution < -0.4 is 5.32 Å². The Morgan fingerprint density at radius 3 is 2.68 bits per heavy atom. The van der Waals surface area contributed by atoms with E-state index >= 15 is 0 Å². The lowest BCUT2D eigenvalue weighted by atomic mass is 10.0. The van der Waals surface area contributed by atoms with Crippen molar-refractivity contribution < 1.29 is 9.32 Å². The van der Waals surface area contributed by atoms with E-state index in [-0.39, 0.29) is 11.4 Å². The number of carbonyl (C=O) groups is 1. The highest BCUT2D eigenvalue weighted by atomic mass is 16.5. The lowest BCUT2D eigenvalue weighted by Crippen LogP contribution is -2.50. The Balaban J connectivity index is 2.53. The van der Waals surface area contributed by atoms with Gasteiger partial charge in [-0.1, -0.05) is 19.0 Å². The smallest absolute Gasteiger partial charge is 0.273 e. The molecule has 1 aromatic heterocycles. The molecule has 0 aromatic carbocycles. The van der Waals surface area contributed by atoms with Gasteiger partial charge >= 0.3 is 0 Å². The van der Waals surface area contributed by atoms with Gasteiger partial charge in [-0.2, -0.15) is 0 Å². The van der Waals surface area contributed by atoms with Crippen LogP contribution in [-0.4, -0.2) is 41.6 Å². The van der Waals surface area contributed by atoms with Gasteiger partial charge in [-0.25, -0.2) is 0 Å². The third kappa shape index (κ3) is 4.35. The first-order chi connectivity index (χ1) is 8.90. The molecule has 1 aromatic rings. The van der Waals surface area contributed by atoms with Crippen molar-refractivity contribution in [3.05, 3.63) is 17.5 Å². The average molecular weight is 267 g/mol. The Hall–Kier alpha value is -1.36. The number of hydrogen-bond acceptors (Lipinski definition) is 4. The maximum Gasteiger partial charge on any atom is 0.273 e. The van der Waals surface area contributed by atoms with E-state index in [2.05, 4.69) is 43.2 Å². The molecule has 0 aliphatic heterocycles. The molecule has 0 aliphatic rings. The summed E-state index contributed by atoms with van der Waals surface area (Å²) in [6, 6.07) is 1.69. The zero-order chi connectivity index (χ0) is 14.5. The van der Waals surface area contributed by atoms with Gasteiger partial charge in [0.05, 0.1) is 0 Å². The molecule has 0 saturated heterocycles. The third-order valence-electron chi connectivity index (χ3n) is 3.41. The number of likely N-dealkylation sites (N-methyl/N-ethyl adjacent to an activating group) is 1. The van der Waals surface area contributed by atoms with Gasteiger partial charge in [0.15, 0.2) is 5.69 Å². The highest BCUT2D eigenvalue weighted by molar-refractivity contribution is 5.92. The first-order valence-corrected chi connectivity index (χ1v) is 6.85. The van der Waals surface area contributed by atoms with Crippen molar-refractivity contribution in [1.82, 2.24) is 15.4 Å². The number of rotatable bonds is 7. The fourth-order valence-electron chi connectivity index (χ4n) is 1.75. The summed E-state index contributed by atoms with van der Waals surface area (Å²) < 4.78 is 5.03. The molecule has 1 rings (SSSR count). The molecule has 0 unspecified atom stereocenters. The summed E-state index contributed by atoms with van der Waals surface area (Å²) in [5.74, 6) is 0.550. The van der Waals surface area contributed by atoms with Crippen LogP contribution in [0.3, 0.4) is 0 Å². The molecule has 1 amide bonds. The van der Waals surface area contributed by atoms with Crippen LogP contribution in [0.4, 0.5) is 0 Å². The van der Waals surface area contributed by atoms with Crippen LogP contribution in [0.25, 0.3) is 0 Å². The molecule has 1 heterocycles. The lowest BCUT2D eigenvalue weighted by molar-refractivity contribution is 0.0895. The molecule has 0 radical (unpaired) electrons. The van der Waals surface area contributed by atoms with Gasteiger partial charge in [-0.05, 0) is 33.9 Å². The number of aromatic nitrogens is 1. The maximum atomic E-state index is 11.9. The molecule has 5 heteroatoms. The van der Waals surface area contributed by atoms with E-state index in [0.29, 0.717) is 12.2 Å². The van der Waals surface area contributed by atoms with E-state index in [1.54, 1.807) is 6.07 Å². The van der Waals surface area contributed by atoms with Gasteiger partial charge in [0.2, 0.25) is 0 Å². The molecular formula is C14H25N3O2. The van der Waals surface area contributed by atoms with Crippen LogP contribution in [-0.2, 0) is 6.42 Å². The van der Waals surface area contributed by atoms with Gasteiger partial charge in [0.1, 0.15) is 5.76 Å². The van der Waals surface area contributed by atoms with Gasteiger partial charge in [0, 0.05) is 24.6 Å². The Labute approximate surface area is 115 Å². The number of amides is 1. The minimum absolute atomic E-state index is 0.0804. The van der Waals surface area contributed by atoms with Gasteiger partial charge in [-0.15, -0.1) is 0 Å². The molecule has 0 saturated carbocycles. The molecule has 0 aliphatic carbocycles. The number of nitrogens with one attached hydrogen (secondary N) is 1. The summed E-state index contributed by atoms with van der Waals surface area (Å²) >= 11 is 0. The summed E-state index contributed by atoms with van der Waals surface area (Å²) in [6.45, 7) is 9.92. The Kier molecular flexibility index (Phi) is 5.54. The van der Waals surface area contributed by atoms with E-state index < -0.39 is 0 Å². The van der Waals surface area contributed by atoms with Gasteiger partial charge in [-0.3, -0.25) is 9.69 Å². The minimum Gasteiger partial charge on any atom is -0.361 e. The predicted molar refractivity (Wildman–Crippen MR) is 75.2 cm³/mol. The molecular weight excluding hydrogens is 242 g/mol. The van der Waals surface area contributed by atoms with Crippen molar-refractivity contribution in [1.29, 1.82) is 0 Å². The Morgan fingerprint density at radius 2 is 2.16 bits per heavy atom. The fourth-order valence-corrected chi connectivity index (χ4v) is 1.75. The summed E-state index contributed by atoms with van der Waals surface area (Å²) in [5.41, 5.74) is 0.272. The zero-order valence-corrected chi connectivity index (χ0v) is 12.6. The van der Waals surface area contributed by atoms with Crippen LogP contribution in [0.5, 0.6) is 0 Å². The third-order valence-corrected chi connectivity index (χ3v) is 3.41. The van der Waals surface area contributed by atoms with Gasteiger partial charge in [0.25, 0.3) is 5.91 Å². The van der Waals surface area contributed by atoms with Gasteiger partial charge < -0.3 is 9.84 Å². The Bertz CT molecular complexity index is 413. The topological polar surface area (TPSA) is 58.4 Å². The molecule has 19 heavy (non-hydrogen) atoms. The van der Waals surface area contributed by atoms with Crippen LogP contribution in [0.2, 0.25) is 0 Å². The number of carbonyl (C=O) groups excluding carboxylic acids is 1. The van der Waals surface area contributed by atoms with E-state index in [0.717, 1.165) is 25.1 Å². The molecule has 108 valence electrons. The highest BCUT2D eigenvalue weighted by Gasteiger charge is 2.24. The molecule has 0 fully saturated rings. The van der Waals surface area contributed by atoms with Crippen molar-refractivity contribution in [2.24, 2.45) is 0 Å². The van der Waals surface area contributed by atoms with Crippen LogP contribution in [0.1, 0.15) is 50.4 Å². The lowest BCUT2D eigenvalue weighted by Gasteiger charge is -2.35. The minimum atomic E-state index is -0.179. The summed E-state index contributed by atoms with van der Waals surface area (Å²) in [4.78, 5) is 14.2. The molecule has 1 N–H and O–H groups in total. The van der Waals surface area contributed by atoms with Crippen LogP contribution >= 0.6 is 0 Å². The Morgan fingerprint density at radius 1 is 1.47 bits per heavy atom. The highest BCUT2D eigenvalue weighted by Crippen LogP contribution is 2.12. The second kappa shape index (κ2) is 6.70. The number of aryl methyl sites for hydroxylation is 1. The second-order valence-corrected chi connectivity index (χ2v) is 5.45. The molecule has 5 nitrogen and oxygen atoms in total. The number of hydrogen-bond donors (Lipinski definition) is 1.